The summed E-state index contributed by atoms with van der Waals surface area (Å²) in [5.74, 6) is -0.735. The fraction of sp³-hybridized carbons (Fsp3) is 0.417. The van der Waals surface area contributed by atoms with Crippen LogP contribution in [0.4, 0.5) is 0 Å². The van der Waals surface area contributed by atoms with Gasteiger partial charge in [0.2, 0.25) is 4.08 Å². The van der Waals surface area contributed by atoms with Crippen LogP contribution in [0.25, 0.3) is 0 Å². The molecule has 6 heteroatoms. The quantitative estimate of drug-likeness (QED) is 0.613. The van der Waals surface area contributed by atoms with Crippen LogP contribution in [0.1, 0.15) is 13.8 Å². The van der Waals surface area contributed by atoms with Gasteiger partial charge < -0.3 is 4.74 Å². The number of rotatable bonds is 5. The Labute approximate surface area is 112 Å². The summed E-state index contributed by atoms with van der Waals surface area (Å²) in [7, 11) is -3.60. The molecule has 1 atom stereocenters. The third-order valence-corrected chi connectivity index (χ3v) is 6.21. The predicted octanol–water partition coefficient (Wildman–Crippen LogP) is 2.10. The molecule has 100 valence electrons. The monoisotopic (exact) mass is 288 g/mol. The van der Waals surface area contributed by atoms with Gasteiger partial charge >= 0.3 is 5.97 Å². The highest BCUT2D eigenvalue weighted by Crippen LogP contribution is 2.37. The predicted molar refractivity (Wildman–Crippen MR) is 72.2 cm³/mol. The Morgan fingerprint density at radius 3 is 2.33 bits per heavy atom. The zero-order valence-corrected chi connectivity index (χ0v) is 12.2. The summed E-state index contributed by atoms with van der Waals surface area (Å²) in [5, 5.41) is 0. The number of esters is 1. The number of ether oxygens (including phenoxy) is 1. The van der Waals surface area contributed by atoms with Crippen LogP contribution in [0.5, 0.6) is 0 Å². The second-order valence-electron chi connectivity index (χ2n) is 3.85. The fourth-order valence-electron chi connectivity index (χ4n) is 1.24. The van der Waals surface area contributed by atoms with E-state index in [1.54, 1.807) is 31.2 Å². The molecule has 0 fully saturated rings. The fourth-order valence-corrected chi connectivity index (χ4v) is 3.39. The first-order valence-corrected chi connectivity index (χ1v) is 8.13. The molecule has 0 spiro atoms. The van der Waals surface area contributed by atoms with Crippen LogP contribution in [-0.4, -0.2) is 31.3 Å². The van der Waals surface area contributed by atoms with Gasteiger partial charge in [0.15, 0.2) is 9.84 Å². The van der Waals surface area contributed by atoms with Crippen LogP contribution >= 0.6 is 11.8 Å². The Bertz CT molecular complexity index is 510. The van der Waals surface area contributed by atoms with Crippen molar-refractivity contribution in [1.82, 2.24) is 0 Å². The lowest BCUT2D eigenvalue weighted by molar-refractivity contribution is -0.143. The number of carbonyl (C=O) groups excluding carboxylic acids is 1. The van der Waals surface area contributed by atoms with E-state index < -0.39 is 19.9 Å². The molecule has 0 aromatic heterocycles. The normalized spacial score (nSPS) is 14.8. The molecule has 18 heavy (non-hydrogen) atoms. The molecule has 0 saturated heterocycles. The molecule has 0 bridgehead atoms. The summed E-state index contributed by atoms with van der Waals surface area (Å²) >= 11 is 0.984. The minimum absolute atomic E-state index is 0.152. The van der Waals surface area contributed by atoms with Crippen LogP contribution in [-0.2, 0) is 19.4 Å². The molecule has 0 heterocycles. The Kier molecular flexibility index (Phi) is 4.81. The minimum Gasteiger partial charge on any atom is -0.464 e. The molecule has 0 aliphatic carbocycles. The number of hydrogen-bond acceptors (Lipinski definition) is 5. The highest BCUT2D eigenvalue weighted by molar-refractivity contribution is 8.15. The molecule has 0 aliphatic heterocycles. The van der Waals surface area contributed by atoms with Gasteiger partial charge in [0.25, 0.3) is 0 Å². The average molecular weight is 288 g/mol. The van der Waals surface area contributed by atoms with Crippen molar-refractivity contribution in [3.63, 3.8) is 0 Å². The van der Waals surface area contributed by atoms with Gasteiger partial charge in [0.05, 0.1) is 6.61 Å². The summed E-state index contributed by atoms with van der Waals surface area (Å²) in [6.45, 7) is 3.17. The van der Waals surface area contributed by atoms with Crippen LogP contribution in [0.3, 0.4) is 0 Å². The van der Waals surface area contributed by atoms with E-state index in [1.807, 2.05) is 6.07 Å². The Morgan fingerprint density at radius 2 is 1.89 bits per heavy atom. The van der Waals surface area contributed by atoms with Gasteiger partial charge in [-0.05, 0) is 26.0 Å². The second-order valence-corrected chi connectivity index (χ2v) is 7.96. The van der Waals surface area contributed by atoms with Crippen LogP contribution in [0.2, 0.25) is 0 Å². The third kappa shape index (κ3) is 3.26. The lowest BCUT2D eigenvalue weighted by Gasteiger charge is -2.24. The van der Waals surface area contributed by atoms with Crippen molar-refractivity contribution < 1.29 is 17.9 Å². The SMILES string of the molecule is CCOC(=O)C(C)(Sc1ccccc1)S(C)(=O)=O. The van der Waals surface area contributed by atoms with Crippen molar-refractivity contribution >= 4 is 27.6 Å². The zero-order valence-electron chi connectivity index (χ0n) is 10.5. The number of thioether (sulfide) groups is 1. The molecule has 0 amide bonds. The summed E-state index contributed by atoms with van der Waals surface area (Å²) < 4.78 is 27.0. The average Bonchev–Trinajstić information content (AvgIpc) is 2.29. The molecule has 0 N–H and O–H groups in total. The van der Waals surface area contributed by atoms with E-state index in [0.29, 0.717) is 4.90 Å². The second kappa shape index (κ2) is 5.75. The van der Waals surface area contributed by atoms with Gasteiger partial charge in [-0.3, -0.25) is 0 Å². The zero-order chi connectivity index (χ0) is 13.8. The third-order valence-electron chi connectivity index (χ3n) is 2.41. The van der Waals surface area contributed by atoms with E-state index in [9.17, 15) is 13.2 Å². The first-order valence-electron chi connectivity index (χ1n) is 5.42. The molecular formula is C12H16O4S2. The van der Waals surface area contributed by atoms with Gasteiger partial charge in [0, 0.05) is 11.2 Å². The molecule has 1 aromatic carbocycles. The molecular weight excluding hydrogens is 272 g/mol. The van der Waals surface area contributed by atoms with Crippen LogP contribution in [0.15, 0.2) is 35.2 Å². The van der Waals surface area contributed by atoms with Crippen molar-refractivity contribution in [3.05, 3.63) is 30.3 Å². The van der Waals surface area contributed by atoms with Crippen molar-refractivity contribution in [2.45, 2.75) is 22.8 Å². The molecule has 4 nitrogen and oxygen atoms in total. The van der Waals surface area contributed by atoms with Crippen LogP contribution < -0.4 is 0 Å². The number of benzene rings is 1. The van der Waals surface area contributed by atoms with Gasteiger partial charge in [-0.25, -0.2) is 13.2 Å². The molecule has 0 radical (unpaired) electrons. The number of sulfone groups is 1. The van der Waals surface area contributed by atoms with E-state index in [2.05, 4.69) is 0 Å². The van der Waals surface area contributed by atoms with E-state index in [1.165, 1.54) is 6.92 Å². The van der Waals surface area contributed by atoms with E-state index in [4.69, 9.17) is 4.74 Å². The highest BCUT2D eigenvalue weighted by atomic mass is 32.3. The van der Waals surface area contributed by atoms with Gasteiger partial charge in [-0.1, -0.05) is 30.0 Å². The maximum Gasteiger partial charge on any atom is 0.337 e. The molecule has 0 aliphatic rings. The molecule has 0 saturated carbocycles. The van der Waals surface area contributed by atoms with Crippen molar-refractivity contribution in [2.24, 2.45) is 0 Å². The number of carbonyl (C=O) groups is 1. The summed E-state index contributed by atoms with van der Waals surface area (Å²) in [4.78, 5) is 12.6. The van der Waals surface area contributed by atoms with E-state index >= 15 is 0 Å². The largest absolute Gasteiger partial charge is 0.464 e. The maximum absolute atomic E-state index is 11.9. The smallest absolute Gasteiger partial charge is 0.337 e. The van der Waals surface area contributed by atoms with E-state index in [0.717, 1.165) is 18.0 Å². The van der Waals surface area contributed by atoms with Crippen molar-refractivity contribution in [2.75, 3.05) is 12.9 Å². The van der Waals surface area contributed by atoms with Gasteiger partial charge in [-0.15, -0.1) is 0 Å². The van der Waals surface area contributed by atoms with Crippen molar-refractivity contribution in [1.29, 1.82) is 0 Å². The first-order chi connectivity index (χ1) is 8.31. The minimum atomic E-state index is -3.60. The van der Waals surface area contributed by atoms with Crippen molar-refractivity contribution in [3.8, 4) is 0 Å². The number of hydrogen-bond donors (Lipinski definition) is 0. The lowest BCUT2D eigenvalue weighted by Crippen LogP contribution is -2.41. The Morgan fingerprint density at radius 1 is 1.33 bits per heavy atom. The summed E-state index contributed by atoms with van der Waals surface area (Å²) in [5.41, 5.74) is 0. The van der Waals surface area contributed by atoms with E-state index in [-0.39, 0.29) is 6.61 Å². The standard InChI is InChI=1S/C12H16O4S2/c1-4-16-11(13)12(2,18(3,14)15)17-10-8-6-5-7-9-10/h5-9H,4H2,1-3H3. The Balaban J connectivity index is 3.11. The molecule has 1 aromatic rings. The molecule has 1 unspecified atom stereocenters. The topological polar surface area (TPSA) is 60.4 Å². The van der Waals surface area contributed by atoms with Crippen LogP contribution in [0, 0.1) is 0 Å². The lowest BCUT2D eigenvalue weighted by atomic mass is 10.4. The highest BCUT2D eigenvalue weighted by Gasteiger charge is 2.46. The van der Waals surface area contributed by atoms with Gasteiger partial charge in [-0.2, -0.15) is 0 Å². The Hall–Kier alpha value is -1.01. The van der Waals surface area contributed by atoms with Gasteiger partial charge in [0.1, 0.15) is 0 Å². The summed E-state index contributed by atoms with van der Waals surface area (Å²) in [6, 6.07) is 8.92. The maximum atomic E-state index is 11.9. The first kappa shape index (κ1) is 15.0. The summed E-state index contributed by atoms with van der Waals surface area (Å²) in [6.07, 6.45) is 1.04. The molecule has 1 rings (SSSR count).